The minimum absolute atomic E-state index is 0.487. The molecule has 0 atom stereocenters. The topological polar surface area (TPSA) is 3.24 Å². The van der Waals surface area contributed by atoms with Crippen molar-refractivity contribution in [2.75, 3.05) is 4.90 Å². The largest absolute Gasteiger partial charge is 0.365 e. The average Bonchev–Trinajstić information content (AvgIpc) is 2.38. The Bertz CT molecular complexity index is 543. The molecule has 0 aliphatic heterocycles. The van der Waals surface area contributed by atoms with Crippen molar-refractivity contribution < 1.29 is 0 Å². The summed E-state index contributed by atoms with van der Waals surface area (Å²) in [6.07, 6.45) is 0. The molecule has 0 N–H and O–H groups in total. The predicted molar refractivity (Wildman–Crippen MR) is 83.7 cm³/mol. The Morgan fingerprint density at radius 1 is 0.842 bits per heavy atom. The molecule has 1 nitrogen and oxygen atoms in total. The summed E-state index contributed by atoms with van der Waals surface area (Å²) in [6.45, 7) is 9.85. The molecule has 2 aromatic rings. The Morgan fingerprint density at radius 3 is 2.00 bits per heavy atom. The van der Waals surface area contributed by atoms with E-state index in [0.717, 1.165) is 6.54 Å². The monoisotopic (exact) mass is 253 g/mol. The molecule has 19 heavy (non-hydrogen) atoms. The van der Waals surface area contributed by atoms with E-state index in [0.29, 0.717) is 6.04 Å². The maximum Gasteiger partial charge on any atom is 0.0435 e. The van der Waals surface area contributed by atoms with E-state index in [1.807, 2.05) is 0 Å². The molecule has 2 aromatic carbocycles. The van der Waals surface area contributed by atoms with Crippen molar-refractivity contribution in [3.63, 3.8) is 0 Å². The lowest BCUT2D eigenvalue weighted by Crippen LogP contribution is -2.31. The summed E-state index contributed by atoms with van der Waals surface area (Å²) in [5.74, 6) is 0. The highest BCUT2D eigenvalue weighted by atomic mass is 15.2. The zero-order chi connectivity index (χ0) is 13.8. The summed E-state index contributed by atoms with van der Waals surface area (Å²) in [5.41, 5.74) is 5.44. The van der Waals surface area contributed by atoms with Crippen LogP contribution in [0.1, 0.15) is 30.5 Å². The van der Waals surface area contributed by atoms with E-state index in [4.69, 9.17) is 0 Å². The minimum Gasteiger partial charge on any atom is -0.365 e. The van der Waals surface area contributed by atoms with Crippen molar-refractivity contribution >= 4 is 5.69 Å². The first-order valence-corrected chi connectivity index (χ1v) is 6.96. The zero-order valence-corrected chi connectivity index (χ0v) is 12.4. The molecule has 0 aliphatic rings. The third-order valence-electron chi connectivity index (χ3n) is 3.65. The van der Waals surface area contributed by atoms with Gasteiger partial charge in [-0.1, -0.05) is 42.5 Å². The van der Waals surface area contributed by atoms with Crippen LogP contribution in [0.15, 0.2) is 48.5 Å². The number of para-hydroxylation sites is 1. The molecule has 1 heteroatoms. The lowest BCUT2D eigenvalue weighted by Gasteiger charge is -2.31. The Balaban J connectivity index is 2.33. The molecule has 0 bridgehead atoms. The number of anilines is 1. The number of nitrogens with zero attached hydrogens (tertiary/aromatic N) is 1. The van der Waals surface area contributed by atoms with E-state index in [2.05, 4.69) is 81.1 Å². The third-order valence-corrected chi connectivity index (χ3v) is 3.65. The number of rotatable bonds is 4. The van der Waals surface area contributed by atoms with Crippen molar-refractivity contribution in [2.45, 2.75) is 40.3 Å². The van der Waals surface area contributed by atoms with Crippen molar-refractivity contribution in [1.29, 1.82) is 0 Å². The first-order valence-electron chi connectivity index (χ1n) is 6.96. The number of hydrogen-bond donors (Lipinski definition) is 0. The van der Waals surface area contributed by atoms with E-state index in [9.17, 15) is 0 Å². The second kappa shape index (κ2) is 5.92. The summed E-state index contributed by atoms with van der Waals surface area (Å²) in [4.78, 5) is 2.47. The molecule has 0 amide bonds. The van der Waals surface area contributed by atoms with E-state index >= 15 is 0 Å². The molecule has 0 radical (unpaired) electrons. The maximum atomic E-state index is 2.47. The fraction of sp³-hybridized carbons (Fsp3) is 0.333. The van der Waals surface area contributed by atoms with Gasteiger partial charge >= 0.3 is 0 Å². The third kappa shape index (κ3) is 3.17. The first kappa shape index (κ1) is 13.7. The van der Waals surface area contributed by atoms with Gasteiger partial charge in [-0.2, -0.15) is 0 Å². The molecular formula is C18H23N. The Morgan fingerprint density at radius 2 is 1.42 bits per heavy atom. The van der Waals surface area contributed by atoms with Crippen LogP contribution in [0.25, 0.3) is 0 Å². The van der Waals surface area contributed by atoms with E-state index in [-0.39, 0.29) is 0 Å². The highest BCUT2D eigenvalue weighted by molar-refractivity contribution is 5.54. The summed E-state index contributed by atoms with van der Waals surface area (Å²) >= 11 is 0. The van der Waals surface area contributed by atoms with Crippen LogP contribution in [0, 0.1) is 13.8 Å². The van der Waals surface area contributed by atoms with Gasteiger partial charge in [-0.05, 0) is 50.5 Å². The van der Waals surface area contributed by atoms with E-state index < -0.39 is 0 Å². The SMILES string of the molecule is Cc1ccccc1CN(c1ccccc1C)C(C)C. The molecule has 0 fully saturated rings. The van der Waals surface area contributed by atoms with Gasteiger partial charge in [0.1, 0.15) is 0 Å². The normalized spacial score (nSPS) is 10.8. The molecule has 0 spiro atoms. The Hall–Kier alpha value is -1.76. The summed E-state index contributed by atoms with van der Waals surface area (Å²) in [6, 6.07) is 17.7. The van der Waals surface area contributed by atoms with Crippen LogP contribution in [0.3, 0.4) is 0 Å². The van der Waals surface area contributed by atoms with Crippen molar-refractivity contribution in [2.24, 2.45) is 0 Å². The highest BCUT2D eigenvalue weighted by Gasteiger charge is 2.13. The van der Waals surface area contributed by atoms with Gasteiger partial charge in [-0.15, -0.1) is 0 Å². The van der Waals surface area contributed by atoms with Crippen LogP contribution in [0.5, 0.6) is 0 Å². The molecule has 0 aliphatic carbocycles. The number of hydrogen-bond acceptors (Lipinski definition) is 1. The van der Waals surface area contributed by atoms with Crippen molar-refractivity contribution in [1.82, 2.24) is 0 Å². The molecule has 100 valence electrons. The first-order chi connectivity index (χ1) is 9.09. The van der Waals surface area contributed by atoms with Crippen LogP contribution >= 0.6 is 0 Å². The molecule has 2 rings (SSSR count). The molecule has 0 aromatic heterocycles. The van der Waals surface area contributed by atoms with Crippen LogP contribution in [-0.2, 0) is 6.54 Å². The highest BCUT2D eigenvalue weighted by Crippen LogP contribution is 2.24. The minimum atomic E-state index is 0.487. The Labute approximate surface area is 116 Å². The average molecular weight is 253 g/mol. The van der Waals surface area contributed by atoms with Gasteiger partial charge in [0.05, 0.1) is 0 Å². The molecule has 0 unspecified atom stereocenters. The molecule has 0 heterocycles. The van der Waals surface area contributed by atoms with Gasteiger partial charge < -0.3 is 4.90 Å². The van der Waals surface area contributed by atoms with Gasteiger partial charge in [0, 0.05) is 18.3 Å². The quantitative estimate of drug-likeness (QED) is 0.762. The fourth-order valence-electron chi connectivity index (χ4n) is 2.40. The fourth-order valence-corrected chi connectivity index (χ4v) is 2.40. The number of aryl methyl sites for hydroxylation is 2. The summed E-state index contributed by atoms with van der Waals surface area (Å²) in [5, 5.41) is 0. The smallest absolute Gasteiger partial charge is 0.0435 e. The summed E-state index contributed by atoms with van der Waals surface area (Å²) < 4.78 is 0. The van der Waals surface area contributed by atoms with Crippen LogP contribution in [-0.4, -0.2) is 6.04 Å². The maximum absolute atomic E-state index is 2.47. The van der Waals surface area contributed by atoms with Gasteiger partial charge in [-0.3, -0.25) is 0 Å². The van der Waals surface area contributed by atoms with E-state index in [1.54, 1.807) is 0 Å². The van der Waals surface area contributed by atoms with Crippen LogP contribution < -0.4 is 4.90 Å². The molecule has 0 saturated heterocycles. The number of benzene rings is 2. The second-order valence-electron chi connectivity index (χ2n) is 5.43. The van der Waals surface area contributed by atoms with Gasteiger partial charge in [-0.25, -0.2) is 0 Å². The van der Waals surface area contributed by atoms with Gasteiger partial charge in [0.25, 0.3) is 0 Å². The lowest BCUT2D eigenvalue weighted by molar-refractivity contribution is 0.679. The second-order valence-corrected chi connectivity index (χ2v) is 5.43. The van der Waals surface area contributed by atoms with Gasteiger partial charge in [0.2, 0.25) is 0 Å². The standard InChI is InChI=1S/C18H23N/c1-14(2)19(18-12-8-6-10-16(18)4)13-17-11-7-5-9-15(17)3/h5-12,14H,13H2,1-4H3. The molecule has 0 saturated carbocycles. The Kier molecular flexibility index (Phi) is 4.26. The van der Waals surface area contributed by atoms with Crippen molar-refractivity contribution in [3.05, 3.63) is 65.2 Å². The van der Waals surface area contributed by atoms with Crippen LogP contribution in [0.2, 0.25) is 0 Å². The van der Waals surface area contributed by atoms with Crippen molar-refractivity contribution in [3.8, 4) is 0 Å². The van der Waals surface area contributed by atoms with Crippen LogP contribution in [0.4, 0.5) is 5.69 Å². The van der Waals surface area contributed by atoms with Gasteiger partial charge in [0.15, 0.2) is 0 Å². The molecular weight excluding hydrogens is 230 g/mol. The van der Waals surface area contributed by atoms with E-state index in [1.165, 1.54) is 22.4 Å². The summed E-state index contributed by atoms with van der Waals surface area (Å²) in [7, 11) is 0. The lowest BCUT2D eigenvalue weighted by atomic mass is 10.1. The zero-order valence-electron chi connectivity index (χ0n) is 12.4. The predicted octanol–water partition coefficient (Wildman–Crippen LogP) is 4.72.